The molecule has 7 heteroatoms. The van der Waals surface area contributed by atoms with Crippen molar-refractivity contribution in [1.82, 2.24) is 9.78 Å². The number of nitrogens with zero attached hydrogens (tertiary/aromatic N) is 2. The molecule has 1 heterocycles. The molecular weight excluding hydrogens is 276 g/mol. The maximum absolute atomic E-state index is 11.4. The number of ether oxygens (including phenoxy) is 1. The molecule has 0 bridgehead atoms. The van der Waals surface area contributed by atoms with Gasteiger partial charge in [0.15, 0.2) is 0 Å². The van der Waals surface area contributed by atoms with E-state index in [9.17, 15) is 8.42 Å². The molecular formula is C11H19ClN2O3S. The van der Waals surface area contributed by atoms with Crippen LogP contribution in [0.2, 0.25) is 0 Å². The summed E-state index contributed by atoms with van der Waals surface area (Å²) in [5, 5.41) is 4.07. The average molecular weight is 295 g/mol. The molecule has 1 aromatic rings. The van der Waals surface area contributed by atoms with Crippen molar-refractivity contribution < 1.29 is 13.2 Å². The standard InChI is InChI=1S/C11H19ClN2O3S/c1-4-5-6-14-10(8-17-9(2)3)11(7-13-14)18(12,15)16/h7,9H,4-6,8H2,1-3H3. The maximum Gasteiger partial charge on any atom is 0.264 e. The van der Waals surface area contributed by atoms with Gasteiger partial charge in [-0.1, -0.05) is 13.3 Å². The molecule has 18 heavy (non-hydrogen) atoms. The van der Waals surface area contributed by atoms with Crippen LogP contribution in [0.15, 0.2) is 11.1 Å². The fraction of sp³-hybridized carbons (Fsp3) is 0.727. The Morgan fingerprint density at radius 2 is 2.17 bits per heavy atom. The highest BCUT2D eigenvalue weighted by atomic mass is 35.7. The smallest absolute Gasteiger partial charge is 0.264 e. The molecule has 0 fully saturated rings. The van der Waals surface area contributed by atoms with E-state index in [4.69, 9.17) is 15.4 Å². The van der Waals surface area contributed by atoms with Gasteiger partial charge in [-0.15, -0.1) is 0 Å². The van der Waals surface area contributed by atoms with Gasteiger partial charge in [-0.3, -0.25) is 4.68 Å². The van der Waals surface area contributed by atoms with Crippen LogP contribution in [0.1, 0.15) is 39.3 Å². The van der Waals surface area contributed by atoms with Crippen molar-refractivity contribution in [2.75, 3.05) is 0 Å². The van der Waals surface area contributed by atoms with Crippen LogP contribution in [0.25, 0.3) is 0 Å². The maximum atomic E-state index is 11.4. The third-order valence-corrected chi connectivity index (χ3v) is 3.82. The fourth-order valence-electron chi connectivity index (χ4n) is 1.49. The molecule has 1 aromatic heterocycles. The van der Waals surface area contributed by atoms with Gasteiger partial charge in [0.25, 0.3) is 9.05 Å². The highest BCUT2D eigenvalue weighted by Crippen LogP contribution is 2.21. The molecule has 0 aliphatic rings. The summed E-state index contributed by atoms with van der Waals surface area (Å²) in [6.45, 7) is 6.71. The number of hydrogen-bond donors (Lipinski definition) is 0. The van der Waals surface area contributed by atoms with E-state index in [1.165, 1.54) is 6.20 Å². The van der Waals surface area contributed by atoms with E-state index in [1.807, 2.05) is 13.8 Å². The Labute approximate surface area is 113 Å². The third-order valence-electron chi connectivity index (χ3n) is 2.45. The van der Waals surface area contributed by atoms with E-state index in [2.05, 4.69) is 12.0 Å². The lowest BCUT2D eigenvalue weighted by atomic mass is 10.3. The van der Waals surface area contributed by atoms with Crippen molar-refractivity contribution in [3.63, 3.8) is 0 Å². The van der Waals surface area contributed by atoms with Crippen LogP contribution in [-0.2, 0) is 26.9 Å². The highest BCUT2D eigenvalue weighted by Gasteiger charge is 2.21. The van der Waals surface area contributed by atoms with Crippen LogP contribution < -0.4 is 0 Å². The minimum absolute atomic E-state index is 0.0189. The lowest BCUT2D eigenvalue weighted by molar-refractivity contribution is 0.0596. The predicted molar refractivity (Wildman–Crippen MR) is 70.1 cm³/mol. The van der Waals surface area contributed by atoms with Gasteiger partial charge in [0.2, 0.25) is 0 Å². The molecule has 104 valence electrons. The summed E-state index contributed by atoms with van der Waals surface area (Å²) in [6, 6.07) is 0. The summed E-state index contributed by atoms with van der Waals surface area (Å²) in [4.78, 5) is 0.0425. The van der Waals surface area contributed by atoms with E-state index in [-0.39, 0.29) is 17.6 Å². The molecule has 0 saturated carbocycles. The van der Waals surface area contributed by atoms with Crippen molar-refractivity contribution in [3.8, 4) is 0 Å². The van der Waals surface area contributed by atoms with Crippen molar-refractivity contribution in [1.29, 1.82) is 0 Å². The van der Waals surface area contributed by atoms with E-state index < -0.39 is 9.05 Å². The molecule has 0 unspecified atom stereocenters. The Balaban J connectivity index is 3.01. The average Bonchev–Trinajstić information content (AvgIpc) is 2.66. The second-order valence-electron chi connectivity index (χ2n) is 4.33. The minimum atomic E-state index is -3.78. The number of rotatable bonds is 7. The SMILES string of the molecule is CCCCn1ncc(S(=O)(=O)Cl)c1COC(C)C. The van der Waals surface area contributed by atoms with E-state index in [1.54, 1.807) is 4.68 Å². The van der Waals surface area contributed by atoms with Crippen LogP contribution in [0.5, 0.6) is 0 Å². The van der Waals surface area contributed by atoms with Crippen LogP contribution in [0.4, 0.5) is 0 Å². The van der Waals surface area contributed by atoms with E-state index in [0.29, 0.717) is 12.2 Å². The van der Waals surface area contributed by atoms with Crippen molar-refractivity contribution in [2.45, 2.75) is 57.8 Å². The first-order valence-corrected chi connectivity index (χ1v) is 8.28. The quantitative estimate of drug-likeness (QED) is 0.725. The molecule has 0 spiro atoms. The van der Waals surface area contributed by atoms with Gasteiger partial charge in [0, 0.05) is 17.2 Å². The second-order valence-corrected chi connectivity index (χ2v) is 6.86. The van der Waals surface area contributed by atoms with Crippen LogP contribution >= 0.6 is 10.7 Å². The van der Waals surface area contributed by atoms with Gasteiger partial charge in [-0.2, -0.15) is 5.10 Å². The predicted octanol–water partition coefficient (Wildman–Crippen LogP) is 2.54. The van der Waals surface area contributed by atoms with Gasteiger partial charge >= 0.3 is 0 Å². The van der Waals surface area contributed by atoms with Gasteiger partial charge in [0.1, 0.15) is 4.90 Å². The first-order chi connectivity index (χ1) is 8.36. The zero-order chi connectivity index (χ0) is 13.8. The zero-order valence-electron chi connectivity index (χ0n) is 10.9. The lowest BCUT2D eigenvalue weighted by Crippen LogP contribution is -2.11. The van der Waals surface area contributed by atoms with E-state index in [0.717, 1.165) is 12.8 Å². The second kappa shape index (κ2) is 6.54. The molecule has 0 aliphatic carbocycles. The molecule has 1 rings (SSSR count). The summed E-state index contributed by atoms with van der Waals surface area (Å²) < 4.78 is 30.0. The Morgan fingerprint density at radius 1 is 1.50 bits per heavy atom. The summed E-state index contributed by atoms with van der Waals surface area (Å²) >= 11 is 0. The van der Waals surface area contributed by atoms with Crippen LogP contribution in [0.3, 0.4) is 0 Å². The Bertz CT molecular complexity index is 482. The third kappa shape index (κ3) is 4.26. The normalized spacial score (nSPS) is 12.3. The topological polar surface area (TPSA) is 61.2 Å². The van der Waals surface area contributed by atoms with E-state index >= 15 is 0 Å². The molecule has 0 saturated heterocycles. The first-order valence-electron chi connectivity index (χ1n) is 5.97. The van der Waals surface area contributed by atoms with Crippen LogP contribution in [-0.4, -0.2) is 24.3 Å². The molecule has 0 N–H and O–H groups in total. The first kappa shape index (κ1) is 15.5. The van der Waals surface area contributed by atoms with Crippen molar-refractivity contribution in [2.24, 2.45) is 0 Å². The molecule has 0 aliphatic heterocycles. The van der Waals surface area contributed by atoms with Crippen molar-refractivity contribution >= 4 is 19.7 Å². The summed E-state index contributed by atoms with van der Waals surface area (Å²) in [6.07, 6.45) is 3.24. The minimum Gasteiger partial charge on any atom is -0.372 e. The fourth-order valence-corrected chi connectivity index (χ4v) is 2.49. The Morgan fingerprint density at radius 3 is 2.67 bits per heavy atom. The molecule has 5 nitrogen and oxygen atoms in total. The molecule has 0 amide bonds. The molecule has 0 aromatic carbocycles. The molecule has 0 radical (unpaired) electrons. The zero-order valence-corrected chi connectivity index (χ0v) is 12.5. The number of unbranched alkanes of at least 4 members (excludes halogenated alkanes) is 1. The van der Waals surface area contributed by atoms with Crippen molar-refractivity contribution in [3.05, 3.63) is 11.9 Å². The number of aromatic nitrogens is 2. The monoisotopic (exact) mass is 294 g/mol. The Hall–Kier alpha value is -0.590. The molecule has 0 atom stereocenters. The van der Waals surface area contributed by atoms with Gasteiger partial charge in [0.05, 0.1) is 24.6 Å². The lowest BCUT2D eigenvalue weighted by Gasteiger charge is -2.11. The van der Waals surface area contributed by atoms with Crippen LogP contribution in [0, 0.1) is 0 Å². The number of hydrogen-bond acceptors (Lipinski definition) is 4. The summed E-state index contributed by atoms with van der Waals surface area (Å²) in [5.74, 6) is 0. The van der Waals surface area contributed by atoms with Gasteiger partial charge < -0.3 is 4.74 Å². The highest BCUT2D eigenvalue weighted by molar-refractivity contribution is 8.13. The number of aryl methyl sites for hydroxylation is 1. The largest absolute Gasteiger partial charge is 0.372 e. The van der Waals surface area contributed by atoms with Gasteiger partial charge in [-0.25, -0.2) is 8.42 Å². The van der Waals surface area contributed by atoms with Gasteiger partial charge in [-0.05, 0) is 20.3 Å². The summed E-state index contributed by atoms with van der Waals surface area (Å²) in [7, 11) is 1.61. The Kier molecular flexibility index (Phi) is 5.62. The summed E-state index contributed by atoms with van der Waals surface area (Å²) in [5.41, 5.74) is 0.521. The number of halogens is 1.